The first-order chi connectivity index (χ1) is 6.74. The van der Waals surface area contributed by atoms with E-state index in [1.807, 2.05) is 6.08 Å². The monoisotopic (exact) mass is 194 g/mol. The maximum Gasteiger partial charge on any atom is 0.333 e. The van der Waals surface area contributed by atoms with Crippen LogP contribution in [0.2, 0.25) is 0 Å². The van der Waals surface area contributed by atoms with Gasteiger partial charge in [-0.2, -0.15) is 0 Å². The average molecular weight is 194 g/mol. The molecule has 0 spiro atoms. The molecule has 2 unspecified atom stereocenters. The number of ether oxygens (including phenoxy) is 1. The van der Waals surface area contributed by atoms with Crippen LogP contribution in [0, 0.1) is 11.8 Å². The maximum atomic E-state index is 11.5. The van der Waals surface area contributed by atoms with Crippen molar-refractivity contribution in [2.75, 3.05) is 6.61 Å². The predicted molar refractivity (Wildman–Crippen MR) is 50.6 cm³/mol. The zero-order chi connectivity index (χ0) is 10.1. The fourth-order valence-corrected chi connectivity index (χ4v) is 2.43. The van der Waals surface area contributed by atoms with Crippen molar-refractivity contribution in [3.05, 3.63) is 11.6 Å². The van der Waals surface area contributed by atoms with Crippen molar-refractivity contribution in [1.82, 2.24) is 0 Å². The molecule has 2 rings (SSSR count). The van der Waals surface area contributed by atoms with Gasteiger partial charge in [0.15, 0.2) is 0 Å². The molecule has 0 aromatic carbocycles. The molecule has 2 aliphatic carbocycles. The van der Waals surface area contributed by atoms with Crippen LogP contribution in [0.15, 0.2) is 11.6 Å². The Balaban J connectivity index is 2.09. The first-order valence-corrected chi connectivity index (χ1v) is 5.14. The minimum absolute atomic E-state index is 0.0782. The molecule has 2 aliphatic rings. The summed E-state index contributed by atoms with van der Waals surface area (Å²) in [5.74, 6) is 0.316. The average Bonchev–Trinajstić information content (AvgIpc) is 2.69. The second-order valence-corrected chi connectivity index (χ2v) is 3.83. The van der Waals surface area contributed by atoms with Crippen LogP contribution < -0.4 is 0 Å². The van der Waals surface area contributed by atoms with Gasteiger partial charge in [0, 0.05) is 23.8 Å². The predicted octanol–water partition coefficient (Wildman–Crippen LogP) is 1.47. The van der Waals surface area contributed by atoms with Gasteiger partial charge in [-0.15, -0.1) is 0 Å². The molecule has 0 aromatic heterocycles. The van der Waals surface area contributed by atoms with Crippen molar-refractivity contribution in [2.45, 2.75) is 26.2 Å². The highest BCUT2D eigenvalue weighted by molar-refractivity contribution is 5.94. The Morgan fingerprint density at radius 1 is 1.57 bits per heavy atom. The van der Waals surface area contributed by atoms with Crippen LogP contribution in [0.4, 0.5) is 0 Å². The fourth-order valence-electron chi connectivity index (χ4n) is 2.43. The van der Waals surface area contributed by atoms with Crippen molar-refractivity contribution in [3.63, 3.8) is 0 Å². The van der Waals surface area contributed by atoms with E-state index in [-0.39, 0.29) is 17.8 Å². The highest BCUT2D eigenvalue weighted by Crippen LogP contribution is 2.42. The molecule has 2 atom stereocenters. The SMILES string of the molecule is CCOC(=O)C1=CCC2C(=O)CCC12. The summed E-state index contributed by atoms with van der Waals surface area (Å²) in [6.45, 7) is 2.20. The lowest BCUT2D eigenvalue weighted by Gasteiger charge is -2.11. The Bertz CT molecular complexity index is 304. The molecule has 0 N–H and O–H groups in total. The van der Waals surface area contributed by atoms with E-state index in [4.69, 9.17) is 4.74 Å². The molecule has 0 heterocycles. The Hall–Kier alpha value is -1.12. The number of ketones is 1. The van der Waals surface area contributed by atoms with E-state index >= 15 is 0 Å². The summed E-state index contributed by atoms with van der Waals surface area (Å²) in [5, 5.41) is 0. The van der Waals surface area contributed by atoms with Crippen LogP contribution in [-0.2, 0) is 14.3 Å². The molecule has 76 valence electrons. The number of Topliss-reactive ketones (excluding diaryl/α,β-unsaturated/α-hetero) is 1. The fraction of sp³-hybridized carbons (Fsp3) is 0.636. The summed E-state index contributed by atoms with van der Waals surface area (Å²) >= 11 is 0. The number of carbonyl (C=O) groups excluding carboxylic acids is 2. The van der Waals surface area contributed by atoms with Crippen LogP contribution >= 0.6 is 0 Å². The van der Waals surface area contributed by atoms with Crippen LogP contribution in [0.5, 0.6) is 0 Å². The third kappa shape index (κ3) is 1.37. The number of fused-ring (bicyclic) bond motifs is 1. The zero-order valence-electron chi connectivity index (χ0n) is 8.29. The van der Waals surface area contributed by atoms with Gasteiger partial charge in [-0.05, 0) is 19.8 Å². The third-order valence-electron chi connectivity index (χ3n) is 3.10. The summed E-state index contributed by atoms with van der Waals surface area (Å²) in [6.07, 6.45) is 4.07. The Labute approximate surface area is 83.1 Å². The topological polar surface area (TPSA) is 43.4 Å². The van der Waals surface area contributed by atoms with E-state index < -0.39 is 0 Å². The van der Waals surface area contributed by atoms with Crippen molar-refractivity contribution < 1.29 is 14.3 Å². The molecule has 0 aromatic rings. The van der Waals surface area contributed by atoms with Gasteiger partial charge in [-0.1, -0.05) is 6.08 Å². The van der Waals surface area contributed by atoms with Crippen molar-refractivity contribution in [3.8, 4) is 0 Å². The number of carbonyl (C=O) groups is 2. The molecule has 1 fully saturated rings. The van der Waals surface area contributed by atoms with E-state index in [2.05, 4.69) is 0 Å². The molecule has 14 heavy (non-hydrogen) atoms. The molecular weight excluding hydrogens is 180 g/mol. The quantitative estimate of drug-likeness (QED) is 0.625. The summed E-state index contributed by atoms with van der Waals surface area (Å²) in [5.41, 5.74) is 0.739. The highest BCUT2D eigenvalue weighted by Gasteiger charge is 2.42. The second kappa shape index (κ2) is 3.56. The third-order valence-corrected chi connectivity index (χ3v) is 3.10. The van der Waals surface area contributed by atoms with Gasteiger partial charge in [-0.3, -0.25) is 4.79 Å². The number of rotatable bonds is 2. The van der Waals surface area contributed by atoms with Gasteiger partial charge >= 0.3 is 5.97 Å². The van der Waals surface area contributed by atoms with E-state index in [9.17, 15) is 9.59 Å². The number of hydrogen-bond donors (Lipinski definition) is 0. The van der Waals surface area contributed by atoms with Gasteiger partial charge in [0.2, 0.25) is 0 Å². The van der Waals surface area contributed by atoms with E-state index in [0.29, 0.717) is 18.8 Å². The number of allylic oxidation sites excluding steroid dienone is 1. The summed E-state index contributed by atoms with van der Waals surface area (Å²) in [4.78, 5) is 22.9. The van der Waals surface area contributed by atoms with Gasteiger partial charge in [0.25, 0.3) is 0 Å². The lowest BCUT2D eigenvalue weighted by molar-refractivity contribution is -0.139. The van der Waals surface area contributed by atoms with Gasteiger partial charge in [0.1, 0.15) is 5.78 Å². The Kier molecular flexibility index (Phi) is 2.40. The standard InChI is InChI=1S/C11H14O3/c1-2-14-11(13)9-4-3-8-7(9)5-6-10(8)12/h4,7-8H,2-3,5-6H2,1H3. The van der Waals surface area contributed by atoms with Gasteiger partial charge < -0.3 is 4.74 Å². The van der Waals surface area contributed by atoms with Gasteiger partial charge in [-0.25, -0.2) is 4.79 Å². The van der Waals surface area contributed by atoms with Crippen LogP contribution in [-0.4, -0.2) is 18.4 Å². The minimum atomic E-state index is -0.227. The van der Waals surface area contributed by atoms with Crippen LogP contribution in [0.25, 0.3) is 0 Å². The van der Waals surface area contributed by atoms with Crippen LogP contribution in [0.1, 0.15) is 26.2 Å². The second-order valence-electron chi connectivity index (χ2n) is 3.83. The van der Waals surface area contributed by atoms with Crippen molar-refractivity contribution in [2.24, 2.45) is 11.8 Å². The number of hydrogen-bond acceptors (Lipinski definition) is 3. The molecule has 0 bridgehead atoms. The first-order valence-electron chi connectivity index (χ1n) is 5.14. The zero-order valence-corrected chi connectivity index (χ0v) is 8.29. The first kappa shape index (κ1) is 9.44. The maximum absolute atomic E-state index is 11.5. The molecule has 0 radical (unpaired) electrons. The van der Waals surface area contributed by atoms with Crippen molar-refractivity contribution in [1.29, 1.82) is 0 Å². The molecular formula is C11H14O3. The van der Waals surface area contributed by atoms with Gasteiger partial charge in [0.05, 0.1) is 6.61 Å². The molecule has 3 nitrogen and oxygen atoms in total. The largest absolute Gasteiger partial charge is 0.463 e. The van der Waals surface area contributed by atoms with E-state index in [1.165, 1.54) is 0 Å². The molecule has 1 saturated carbocycles. The smallest absolute Gasteiger partial charge is 0.333 e. The van der Waals surface area contributed by atoms with E-state index in [1.54, 1.807) is 6.92 Å². The minimum Gasteiger partial charge on any atom is -0.463 e. The lowest BCUT2D eigenvalue weighted by atomic mass is 9.94. The Morgan fingerprint density at radius 3 is 3.07 bits per heavy atom. The summed E-state index contributed by atoms with van der Waals surface area (Å²) in [7, 11) is 0. The lowest BCUT2D eigenvalue weighted by Crippen LogP contribution is -2.16. The number of esters is 1. The molecule has 3 heteroatoms. The van der Waals surface area contributed by atoms with Crippen molar-refractivity contribution >= 4 is 11.8 Å². The molecule has 0 aliphatic heterocycles. The summed E-state index contributed by atoms with van der Waals surface area (Å²) < 4.78 is 4.95. The highest BCUT2D eigenvalue weighted by atomic mass is 16.5. The Morgan fingerprint density at radius 2 is 2.36 bits per heavy atom. The van der Waals surface area contributed by atoms with Crippen LogP contribution in [0.3, 0.4) is 0 Å². The molecule has 0 saturated heterocycles. The summed E-state index contributed by atoms with van der Waals surface area (Å²) in [6, 6.07) is 0. The molecule has 0 amide bonds. The normalized spacial score (nSPS) is 30.1. The van der Waals surface area contributed by atoms with E-state index in [0.717, 1.165) is 18.4 Å².